The lowest BCUT2D eigenvalue weighted by Gasteiger charge is -2.36. The Morgan fingerprint density at radius 2 is 1.01 bits per heavy atom. The Morgan fingerprint density at radius 3 is 1.45 bits per heavy atom. The highest BCUT2D eigenvalue weighted by molar-refractivity contribution is 6.30. The van der Waals surface area contributed by atoms with Crippen molar-refractivity contribution in [2.45, 2.75) is 46.2 Å². The van der Waals surface area contributed by atoms with E-state index in [4.69, 9.17) is 57.8 Å². The van der Waals surface area contributed by atoms with E-state index in [2.05, 4.69) is 54.1 Å². The smallest absolute Gasteiger partial charge is 0.410 e. The Kier molecular flexibility index (Phi) is 26.8. The number of hydrogen-bond acceptors (Lipinski definition) is 15. The van der Waals surface area contributed by atoms with Crippen LogP contribution in [0, 0.1) is 5.41 Å². The van der Waals surface area contributed by atoms with E-state index in [0.717, 1.165) is 86.6 Å². The van der Waals surface area contributed by atoms with Crippen molar-refractivity contribution in [2.75, 3.05) is 88.3 Å². The van der Waals surface area contributed by atoms with E-state index >= 15 is 0 Å². The number of carbonyl (C=O) groups is 1. The number of benzene rings is 4. The van der Waals surface area contributed by atoms with E-state index in [9.17, 15) is 4.79 Å². The fraction of sp³-hybridized carbons (Fsp3) is 0.297. The average Bonchev–Trinajstić information content (AvgIpc) is 3.53. The quantitative estimate of drug-likeness (QED) is 0.0240. The summed E-state index contributed by atoms with van der Waals surface area (Å²) in [5, 5.41) is 33.7. The maximum Gasteiger partial charge on any atom is 0.410 e. The molecular formula is C64H76Cl2N10O7. The molecule has 83 heavy (non-hydrogen) atoms. The third-order valence-electron chi connectivity index (χ3n) is 12.3. The number of allylic oxidation sites excluding steroid dienone is 1. The molecule has 3 aromatic heterocycles. The molecule has 7 aromatic rings. The van der Waals surface area contributed by atoms with Gasteiger partial charge in [0.25, 0.3) is 0 Å². The molecule has 0 aliphatic carbocycles. The number of nitrogens with one attached hydrogen (secondary N) is 3. The Bertz CT molecular complexity index is 2960. The number of aromatic nitrogens is 3. The molecule has 3 saturated heterocycles. The second-order valence-electron chi connectivity index (χ2n) is 20.0. The van der Waals surface area contributed by atoms with Crippen molar-refractivity contribution in [3.8, 4) is 23.0 Å². The summed E-state index contributed by atoms with van der Waals surface area (Å²) in [5.74, 6) is 4.86. The van der Waals surface area contributed by atoms with Gasteiger partial charge in [-0.2, -0.15) is 0 Å². The minimum Gasteiger partial charge on any atom is -0.508 e. The SMILES string of the molecule is C=C(/C=C\C(=N)N1CCN(C(=O)OC(C)(C)C)CC1)OCc1ccccc1.Clc1ccc(OCc2ccccc2)cn1.Oc1ccc(Cl)cc1.Oc1ccc(N2CCNCC2)nc1.c1ccc(COc2ccc(N3CCNCC3)nc2)cc1. The Balaban J connectivity index is 0.000000175. The van der Waals surface area contributed by atoms with E-state index in [-0.39, 0.29) is 17.6 Å². The molecule has 0 bridgehead atoms. The molecule has 0 saturated carbocycles. The van der Waals surface area contributed by atoms with Crippen LogP contribution in [0.1, 0.15) is 37.5 Å². The lowest BCUT2D eigenvalue weighted by atomic mass is 10.2. The molecule has 4 aromatic carbocycles. The van der Waals surface area contributed by atoms with E-state index in [1.54, 1.807) is 71.9 Å². The molecule has 3 aliphatic heterocycles. The van der Waals surface area contributed by atoms with Crippen LogP contribution in [0.2, 0.25) is 10.2 Å². The number of pyridine rings is 3. The van der Waals surface area contributed by atoms with Gasteiger partial charge in [-0.25, -0.2) is 19.7 Å². The highest BCUT2D eigenvalue weighted by Crippen LogP contribution is 2.20. The van der Waals surface area contributed by atoms with Crippen LogP contribution in [0.3, 0.4) is 0 Å². The van der Waals surface area contributed by atoms with Crippen LogP contribution in [0.25, 0.3) is 0 Å². The normalized spacial score (nSPS) is 13.9. The van der Waals surface area contributed by atoms with Gasteiger partial charge in [0.05, 0.1) is 18.6 Å². The van der Waals surface area contributed by atoms with Crippen molar-refractivity contribution in [3.05, 3.63) is 222 Å². The zero-order chi connectivity index (χ0) is 59.1. The first-order valence-electron chi connectivity index (χ1n) is 27.4. The van der Waals surface area contributed by atoms with Crippen molar-refractivity contribution >= 4 is 46.8 Å². The number of phenolic OH excluding ortho intramolecular Hbond substituents is 1. The zero-order valence-corrected chi connectivity index (χ0v) is 49.0. The summed E-state index contributed by atoms with van der Waals surface area (Å²) in [7, 11) is 0. The van der Waals surface area contributed by atoms with Gasteiger partial charge in [0.15, 0.2) is 0 Å². The number of phenols is 1. The maximum absolute atomic E-state index is 12.1. The minimum absolute atomic E-state index is 0.221. The number of amidine groups is 1. The molecule has 5 N–H and O–H groups in total. The van der Waals surface area contributed by atoms with Crippen LogP contribution in [-0.4, -0.2) is 131 Å². The van der Waals surface area contributed by atoms with E-state index in [1.165, 1.54) is 11.8 Å². The Morgan fingerprint density at radius 1 is 0.566 bits per heavy atom. The van der Waals surface area contributed by atoms with Crippen LogP contribution < -0.4 is 29.9 Å². The van der Waals surface area contributed by atoms with Crippen LogP contribution in [0.4, 0.5) is 16.4 Å². The van der Waals surface area contributed by atoms with Crippen LogP contribution in [0.15, 0.2) is 195 Å². The predicted molar refractivity (Wildman–Crippen MR) is 331 cm³/mol. The molecule has 19 heteroatoms. The summed E-state index contributed by atoms with van der Waals surface area (Å²) in [6, 6.07) is 47.4. The molecule has 3 aliphatic rings. The fourth-order valence-electron chi connectivity index (χ4n) is 7.90. The summed E-state index contributed by atoms with van der Waals surface area (Å²) >= 11 is 11.2. The van der Waals surface area contributed by atoms with Gasteiger partial charge in [-0.1, -0.05) is 121 Å². The van der Waals surface area contributed by atoms with Gasteiger partial charge < -0.3 is 59.4 Å². The number of rotatable bonds is 13. The first kappa shape index (κ1) is 63.8. The number of carbonyl (C=O) groups excluding carboxylic acids is 1. The monoisotopic (exact) mass is 1170 g/mol. The summed E-state index contributed by atoms with van der Waals surface area (Å²) < 4.78 is 22.2. The van der Waals surface area contributed by atoms with Crippen molar-refractivity contribution in [2.24, 2.45) is 0 Å². The second kappa shape index (κ2) is 34.8. The molecule has 0 radical (unpaired) electrons. The van der Waals surface area contributed by atoms with Gasteiger partial charge in [-0.15, -0.1) is 0 Å². The second-order valence-corrected chi connectivity index (χ2v) is 20.8. The summed E-state index contributed by atoms with van der Waals surface area (Å²) in [4.78, 5) is 32.7. The number of piperazine rings is 3. The third-order valence-corrected chi connectivity index (χ3v) is 12.8. The van der Waals surface area contributed by atoms with Crippen molar-refractivity contribution < 1.29 is 34.0 Å². The topological polar surface area (TPSA) is 194 Å². The van der Waals surface area contributed by atoms with Gasteiger partial charge in [-0.05, 0) is 110 Å². The van der Waals surface area contributed by atoms with Crippen LogP contribution >= 0.6 is 23.2 Å². The Hall–Kier alpha value is -8.35. The summed E-state index contributed by atoms with van der Waals surface area (Å²) in [6.45, 7) is 21.3. The van der Waals surface area contributed by atoms with E-state index in [1.807, 2.05) is 123 Å². The highest BCUT2D eigenvalue weighted by Gasteiger charge is 2.26. The molecule has 3 fully saturated rings. The summed E-state index contributed by atoms with van der Waals surface area (Å²) in [6.07, 6.45) is 7.98. The minimum atomic E-state index is -0.496. The number of ether oxygens (including phenoxy) is 4. The molecule has 438 valence electrons. The van der Waals surface area contributed by atoms with Gasteiger partial charge in [-0.3, -0.25) is 5.41 Å². The van der Waals surface area contributed by atoms with Gasteiger partial charge in [0.2, 0.25) is 0 Å². The van der Waals surface area contributed by atoms with E-state index < -0.39 is 5.60 Å². The average molecular weight is 1170 g/mol. The van der Waals surface area contributed by atoms with Crippen LogP contribution in [-0.2, 0) is 29.3 Å². The molecule has 0 atom stereocenters. The van der Waals surface area contributed by atoms with E-state index in [0.29, 0.717) is 67.8 Å². The fourth-order valence-corrected chi connectivity index (χ4v) is 8.14. The van der Waals surface area contributed by atoms with Gasteiger partial charge in [0.1, 0.15) is 76.8 Å². The van der Waals surface area contributed by atoms with Gasteiger partial charge >= 0.3 is 6.09 Å². The third kappa shape index (κ3) is 25.1. The molecule has 1 amide bonds. The predicted octanol–water partition coefficient (Wildman–Crippen LogP) is 11.4. The van der Waals surface area contributed by atoms with Crippen LogP contribution in [0.5, 0.6) is 23.0 Å². The number of anilines is 2. The Labute approximate surface area is 498 Å². The molecule has 0 unspecified atom stereocenters. The zero-order valence-electron chi connectivity index (χ0n) is 47.5. The largest absolute Gasteiger partial charge is 0.508 e. The van der Waals surface area contributed by atoms with Crippen molar-refractivity contribution in [3.63, 3.8) is 0 Å². The molecule has 6 heterocycles. The molecule has 17 nitrogen and oxygen atoms in total. The standard InChI is InChI=1S/C21H29N3O3.C16H19N3O.C12H10ClNO.C9H13N3O.C6H5ClO/c1-17(26-16-18-8-6-5-7-9-18)10-11-19(22)23-12-14-24(15-13-23)20(25)27-21(2,3)4;1-2-4-14(5-3-1)13-20-15-6-7-16(18-12-15)19-10-8-17-9-11-19;13-12-7-6-11(8-14-12)15-9-10-4-2-1-3-5-10;13-8-1-2-9(11-7-8)12-5-3-10-4-6-12;7-5-1-3-6(8)4-2-5/h5-11,22H,1,12-16H2,2-4H3;1-7,12,17H,8-11,13H2;1-8H,9H2;1-2,7,10,13H,3-6H2;1-4,8H/b11-10-,22-19?;;;;. The lowest BCUT2D eigenvalue weighted by Crippen LogP contribution is -2.51. The number of nitrogens with zero attached hydrogens (tertiary/aromatic N) is 7. The highest BCUT2D eigenvalue weighted by atomic mass is 35.5. The van der Waals surface area contributed by atoms with Gasteiger partial charge in [0, 0.05) is 83.6 Å². The first-order valence-corrected chi connectivity index (χ1v) is 28.2. The maximum atomic E-state index is 12.1. The molecular weight excluding hydrogens is 1090 g/mol. The van der Waals surface area contributed by atoms with Crippen molar-refractivity contribution in [1.82, 2.24) is 35.4 Å². The lowest BCUT2D eigenvalue weighted by molar-refractivity contribution is 0.0187. The molecule has 0 spiro atoms. The number of hydrogen-bond donors (Lipinski definition) is 5. The first-order chi connectivity index (χ1) is 40.2. The summed E-state index contributed by atoms with van der Waals surface area (Å²) in [5.41, 5.74) is 2.87. The van der Waals surface area contributed by atoms with Crippen molar-refractivity contribution in [1.29, 1.82) is 5.41 Å². The number of halogens is 2. The number of amides is 1. The molecule has 10 rings (SSSR count). The number of aromatic hydroxyl groups is 2.